The molecule has 0 saturated heterocycles. The van der Waals surface area contributed by atoms with Gasteiger partial charge in [-0.25, -0.2) is 15.0 Å². The topological polar surface area (TPSA) is 129 Å². The summed E-state index contributed by atoms with van der Waals surface area (Å²) in [6, 6.07) is 7.69. The number of nitrogens with one attached hydrogen (secondary N) is 2. The zero-order chi connectivity index (χ0) is 25.3. The molecule has 1 aliphatic rings. The molecule has 0 radical (unpaired) electrons. The van der Waals surface area contributed by atoms with Crippen molar-refractivity contribution in [3.05, 3.63) is 64.5 Å². The van der Waals surface area contributed by atoms with E-state index < -0.39 is 5.60 Å². The number of aromatic nitrogens is 4. The highest BCUT2D eigenvalue weighted by atomic mass is 32.1. The van der Waals surface area contributed by atoms with E-state index in [0.29, 0.717) is 54.0 Å². The fourth-order valence-corrected chi connectivity index (χ4v) is 5.42. The average Bonchev–Trinajstić information content (AvgIpc) is 3.55. The van der Waals surface area contributed by atoms with Gasteiger partial charge in [-0.2, -0.15) is 5.26 Å². The molecule has 0 atom stereocenters. The number of carbonyl (C=O) groups is 1. The van der Waals surface area contributed by atoms with Gasteiger partial charge >= 0.3 is 0 Å². The molecular formula is C26H27N7O2S. The van der Waals surface area contributed by atoms with Gasteiger partial charge in [-0.3, -0.25) is 9.36 Å². The number of fused-ring (bicyclic) bond motifs is 1. The Morgan fingerprint density at radius 1 is 1.25 bits per heavy atom. The van der Waals surface area contributed by atoms with Crippen LogP contribution in [0.25, 0.3) is 16.9 Å². The van der Waals surface area contributed by atoms with Crippen molar-refractivity contribution in [1.29, 1.82) is 5.26 Å². The molecule has 4 aromatic heterocycles. The molecule has 1 fully saturated rings. The minimum Gasteiger partial charge on any atom is -0.383 e. The lowest BCUT2D eigenvalue weighted by Crippen LogP contribution is -2.42. The van der Waals surface area contributed by atoms with Gasteiger partial charge in [0.25, 0.3) is 5.91 Å². The third-order valence-electron chi connectivity index (χ3n) is 6.46. The fraction of sp³-hybridized carbons (Fsp3) is 0.346. The predicted octanol–water partition coefficient (Wildman–Crippen LogP) is 4.13. The van der Waals surface area contributed by atoms with E-state index in [1.807, 2.05) is 42.1 Å². The van der Waals surface area contributed by atoms with Crippen molar-refractivity contribution < 1.29 is 9.90 Å². The first-order valence-electron chi connectivity index (χ1n) is 11.9. The quantitative estimate of drug-likeness (QED) is 0.362. The molecule has 9 nitrogen and oxygen atoms in total. The number of hydrogen-bond acceptors (Lipinski definition) is 8. The van der Waals surface area contributed by atoms with Crippen LogP contribution in [0.2, 0.25) is 0 Å². The van der Waals surface area contributed by atoms with E-state index in [0.717, 1.165) is 10.4 Å². The van der Waals surface area contributed by atoms with E-state index in [1.165, 1.54) is 17.5 Å². The molecule has 0 aliphatic heterocycles. The van der Waals surface area contributed by atoms with E-state index in [2.05, 4.69) is 31.7 Å². The van der Waals surface area contributed by atoms with Crippen molar-refractivity contribution >= 4 is 34.0 Å². The summed E-state index contributed by atoms with van der Waals surface area (Å²) in [6.45, 7) is 4.02. The zero-order valence-corrected chi connectivity index (χ0v) is 20.9. The first-order valence-corrected chi connectivity index (χ1v) is 12.8. The van der Waals surface area contributed by atoms with E-state index in [4.69, 9.17) is 5.26 Å². The number of pyridine rings is 2. The smallest absolute Gasteiger partial charge is 0.255 e. The normalized spacial score (nSPS) is 19.8. The number of hydrogen-bond donors (Lipinski definition) is 3. The molecule has 4 heterocycles. The molecule has 4 aromatic rings. The van der Waals surface area contributed by atoms with Gasteiger partial charge in [-0.05, 0) is 51.7 Å². The molecule has 3 N–H and O–H groups in total. The Kier molecular flexibility index (Phi) is 6.43. The highest BCUT2D eigenvalue weighted by Gasteiger charge is 2.37. The Bertz CT molecular complexity index is 1430. The Balaban J connectivity index is 1.36. The van der Waals surface area contributed by atoms with Crippen LogP contribution in [0.3, 0.4) is 0 Å². The van der Waals surface area contributed by atoms with Gasteiger partial charge in [0.05, 0.1) is 16.8 Å². The van der Waals surface area contributed by atoms with Crippen LogP contribution in [0.1, 0.15) is 60.5 Å². The summed E-state index contributed by atoms with van der Waals surface area (Å²) in [6.07, 6.45) is 9.14. The van der Waals surface area contributed by atoms with Crippen molar-refractivity contribution in [3.8, 4) is 11.9 Å². The predicted molar refractivity (Wildman–Crippen MR) is 138 cm³/mol. The third kappa shape index (κ3) is 4.67. The van der Waals surface area contributed by atoms with Crippen LogP contribution in [-0.4, -0.2) is 42.6 Å². The summed E-state index contributed by atoms with van der Waals surface area (Å²) < 4.78 is 1.84. The van der Waals surface area contributed by atoms with Crippen LogP contribution >= 0.6 is 11.3 Å². The molecule has 10 heteroatoms. The van der Waals surface area contributed by atoms with Gasteiger partial charge in [0.1, 0.15) is 28.1 Å². The monoisotopic (exact) mass is 501 g/mol. The molecule has 0 unspecified atom stereocenters. The van der Waals surface area contributed by atoms with Crippen LogP contribution in [0.5, 0.6) is 0 Å². The summed E-state index contributed by atoms with van der Waals surface area (Å²) in [5.74, 6) is 0.420. The van der Waals surface area contributed by atoms with Gasteiger partial charge in [0.15, 0.2) is 0 Å². The minimum absolute atomic E-state index is 0.0313. The maximum absolute atomic E-state index is 13.3. The Morgan fingerprint density at radius 3 is 2.75 bits per heavy atom. The summed E-state index contributed by atoms with van der Waals surface area (Å²) in [5, 5.41) is 30.1. The number of nitrogens with zero attached hydrogens (tertiary/aromatic N) is 5. The number of nitriles is 1. The molecule has 0 aromatic carbocycles. The number of amides is 1. The summed E-state index contributed by atoms with van der Waals surface area (Å²) >= 11 is 1.46. The standard InChI is InChI=1S/C26H27N7O2S/c1-16(2)31-21-12-22(33-9-5-18-11-17(13-27)14-30-23(18)33)29-15-20(21)24(34)32-19-3-6-26(35,7-4-19)25-28-8-10-36-25/h5,8-12,14-16,19,35H,3-4,6-7H2,1-2H3,(H,29,31)(H,32,34)/t19-,26+. The van der Waals surface area contributed by atoms with Crippen LogP contribution in [0.15, 0.2) is 48.4 Å². The highest BCUT2D eigenvalue weighted by Crippen LogP contribution is 2.38. The Labute approximate surface area is 212 Å². The molecule has 36 heavy (non-hydrogen) atoms. The number of thiazole rings is 1. The largest absolute Gasteiger partial charge is 0.383 e. The van der Waals surface area contributed by atoms with Crippen molar-refractivity contribution in [2.45, 2.75) is 57.2 Å². The van der Waals surface area contributed by atoms with Crippen LogP contribution in [-0.2, 0) is 5.60 Å². The average molecular weight is 502 g/mol. The van der Waals surface area contributed by atoms with Gasteiger partial charge in [-0.15, -0.1) is 11.3 Å². The van der Waals surface area contributed by atoms with E-state index in [9.17, 15) is 9.90 Å². The Morgan fingerprint density at radius 2 is 2.06 bits per heavy atom. The first-order chi connectivity index (χ1) is 17.4. The maximum atomic E-state index is 13.3. The molecule has 0 spiro atoms. The molecule has 1 aliphatic carbocycles. The zero-order valence-electron chi connectivity index (χ0n) is 20.1. The minimum atomic E-state index is -0.912. The second-order valence-corrected chi connectivity index (χ2v) is 10.3. The lowest BCUT2D eigenvalue weighted by molar-refractivity contribution is -0.00819. The van der Waals surface area contributed by atoms with Crippen LogP contribution in [0.4, 0.5) is 5.69 Å². The van der Waals surface area contributed by atoms with Crippen LogP contribution < -0.4 is 10.6 Å². The van der Waals surface area contributed by atoms with E-state index in [-0.39, 0.29) is 18.0 Å². The summed E-state index contributed by atoms with van der Waals surface area (Å²) in [4.78, 5) is 26.5. The van der Waals surface area contributed by atoms with Gasteiger partial charge in [0, 0.05) is 53.7 Å². The molecule has 0 bridgehead atoms. The lowest BCUT2D eigenvalue weighted by Gasteiger charge is -2.34. The number of anilines is 1. The SMILES string of the molecule is CC(C)Nc1cc(-n2ccc3cc(C#N)cnc32)ncc1C(=O)N[C@H]1CC[C@](O)(c2nccs2)CC1. The second-order valence-electron chi connectivity index (χ2n) is 9.44. The lowest BCUT2D eigenvalue weighted by atomic mass is 9.82. The fourth-order valence-electron chi connectivity index (χ4n) is 4.63. The molecule has 1 amide bonds. The number of rotatable bonds is 6. The Hall–Kier alpha value is -3.81. The second kappa shape index (κ2) is 9.68. The van der Waals surface area contributed by atoms with Crippen molar-refractivity contribution in [3.63, 3.8) is 0 Å². The van der Waals surface area contributed by atoms with E-state index in [1.54, 1.807) is 18.5 Å². The number of aliphatic hydroxyl groups is 1. The summed E-state index contributed by atoms with van der Waals surface area (Å²) in [5.41, 5.74) is 1.41. The van der Waals surface area contributed by atoms with Crippen molar-refractivity contribution in [1.82, 2.24) is 24.8 Å². The van der Waals surface area contributed by atoms with Crippen molar-refractivity contribution in [2.75, 3.05) is 5.32 Å². The van der Waals surface area contributed by atoms with Gasteiger partial charge in [-0.1, -0.05) is 0 Å². The maximum Gasteiger partial charge on any atom is 0.255 e. The van der Waals surface area contributed by atoms with Crippen LogP contribution in [0, 0.1) is 11.3 Å². The molecule has 1 saturated carbocycles. The number of carbonyl (C=O) groups excluding carboxylic acids is 1. The first kappa shape index (κ1) is 23.9. The third-order valence-corrected chi connectivity index (χ3v) is 7.43. The molecule has 5 rings (SSSR count). The highest BCUT2D eigenvalue weighted by molar-refractivity contribution is 7.09. The summed E-state index contributed by atoms with van der Waals surface area (Å²) in [7, 11) is 0. The van der Waals surface area contributed by atoms with Gasteiger partial charge in [0.2, 0.25) is 0 Å². The molecular weight excluding hydrogens is 474 g/mol. The van der Waals surface area contributed by atoms with Crippen molar-refractivity contribution in [2.24, 2.45) is 0 Å². The van der Waals surface area contributed by atoms with E-state index >= 15 is 0 Å². The van der Waals surface area contributed by atoms with Gasteiger partial charge < -0.3 is 15.7 Å². The molecule has 184 valence electrons.